The Bertz CT molecular complexity index is 376. The SMILES string of the molecule is CC(=O)c1[nH]c(O)c(C(C)=O)c1C. The van der Waals surface area contributed by atoms with Gasteiger partial charge in [0.05, 0.1) is 11.3 Å². The van der Waals surface area contributed by atoms with Crippen LogP contribution in [0.15, 0.2) is 0 Å². The summed E-state index contributed by atoms with van der Waals surface area (Å²) in [5.74, 6) is -0.672. The van der Waals surface area contributed by atoms with Crippen LogP contribution in [0.1, 0.15) is 40.3 Å². The lowest BCUT2D eigenvalue weighted by Crippen LogP contribution is -1.97. The van der Waals surface area contributed by atoms with E-state index in [0.29, 0.717) is 11.3 Å². The van der Waals surface area contributed by atoms with E-state index in [0.717, 1.165) is 0 Å². The van der Waals surface area contributed by atoms with Crippen molar-refractivity contribution in [1.82, 2.24) is 4.98 Å². The number of Topliss-reactive ketones (excluding diaryl/α,β-unsaturated/α-hetero) is 2. The second-order valence-corrected chi connectivity index (χ2v) is 2.96. The first-order chi connectivity index (χ1) is 5.95. The average Bonchev–Trinajstić information content (AvgIpc) is 2.26. The van der Waals surface area contributed by atoms with E-state index in [-0.39, 0.29) is 23.0 Å². The Balaban J connectivity index is 3.39. The van der Waals surface area contributed by atoms with Gasteiger partial charge in [0, 0.05) is 6.92 Å². The maximum atomic E-state index is 11.0. The lowest BCUT2D eigenvalue weighted by atomic mass is 10.1. The van der Waals surface area contributed by atoms with Crippen LogP contribution in [0.3, 0.4) is 0 Å². The number of aromatic amines is 1. The van der Waals surface area contributed by atoms with Gasteiger partial charge < -0.3 is 10.1 Å². The summed E-state index contributed by atoms with van der Waals surface area (Å²) in [6.45, 7) is 4.35. The van der Waals surface area contributed by atoms with Crippen molar-refractivity contribution in [3.8, 4) is 5.88 Å². The van der Waals surface area contributed by atoms with E-state index in [1.54, 1.807) is 6.92 Å². The van der Waals surface area contributed by atoms with E-state index < -0.39 is 0 Å². The highest BCUT2D eigenvalue weighted by molar-refractivity contribution is 6.03. The summed E-state index contributed by atoms with van der Waals surface area (Å²) < 4.78 is 0. The van der Waals surface area contributed by atoms with Gasteiger partial charge in [-0.3, -0.25) is 9.59 Å². The Morgan fingerprint density at radius 1 is 1.23 bits per heavy atom. The van der Waals surface area contributed by atoms with E-state index in [9.17, 15) is 14.7 Å². The molecule has 0 aliphatic rings. The maximum Gasteiger partial charge on any atom is 0.200 e. The summed E-state index contributed by atoms with van der Waals surface area (Å²) in [4.78, 5) is 24.5. The molecule has 0 aromatic carbocycles. The number of carbonyl (C=O) groups excluding carboxylic acids is 2. The van der Waals surface area contributed by atoms with Crippen molar-refractivity contribution in [2.45, 2.75) is 20.8 Å². The van der Waals surface area contributed by atoms with Crippen LogP contribution in [0.4, 0.5) is 0 Å². The fourth-order valence-corrected chi connectivity index (χ4v) is 1.36. The van der Waals surface area contributed by atoms with Crippen molar-refractivity contribution in [2.24, 2.45) is 0 Å². The predicted octanol–water partition coefficient (Wildman–Crippen LogP) is 1.43. The van der Waals surface area contributed by atoms with Crippen LogP contribution < -0.4 is 0 Å². The van der Waals surface area contributed by atoms with E-state index in [1.165, 1.54) is 13.8 Å². The number of aromatic hydroxyl groups is 1. The third-order valence-electron chi connectivity index (χ3n) is 1.93. The smallest absolute Gasteiger partial charge is 0.200 e. The van der Waals surface area contributed by atoms with Gasteiger partial charge in [0.2, 0.25) is 0 Å². The molecule has 1 rings (SSSR count). The van der Waals surface area contributed by atoms with E-state index >= 15 is 0 Å². The standard InChI is InChI=1S/C9H11NO3/c1-4-7(5(2)11)9(13)10-8(4)6(3)12/h10,13H,1-3H3. The van der Waals surface area contributed by atoms with Crippen molar-refractivity contribution >= 4 is 11.6 Å². The molecule has 0 aliphatic carbocycles. The van der Waals surface area contributed by atoms with Gasteiger partial charge in [0.25, 0.3) is 0 Å². The summed E-state index contributed by atoms with van der Waals surface area (Å²) in [5, 5.41) is 9.30. The first kappa shape index (κ1) is 9.51. The van der Waals surface area contributed by atoms with Crippen LogP contribution >= 0.6 is 0 Å². The molecule has 0 amide bonds. The summed E-state index contributed by atoms with van der Waals surface area (Å²) >= 11 is 0. The normalized spacial score (nSPS) is 10.1. The van der Waals surface area contributed by atoms with Gasteiger partial charge in [-0.25, -0.2) is 0 Å². The van der Waals surface area contributed by atoms with Crippen molar-refractivity contribution in [3.05, 3.63) is 16.8 Å². The molecule has 13 heavy (non-hydrogen) atoms. The fraction of sp³-hybridized carbons (Fsp3) is 0.333. The molecule has 0 aliphatic heterocycles. The number of hydrogen-bond acceptors (Lipinski definition) is 3. The second kappa shape index (κ2) is 3.05. The molecule has 0 unspecified atom stereocenters. The molecule has 70 valence electrons. The Morgan fingerprint density at radius 2 is 1.77 bits per heavy atom. The Labute approximate surface area is 75.6 Å². The molecular formula is C9H11NO3. The number of carbonyl (C=O) groups is 2. The van der Waals surface area contributed by atoms with Crippen LogP contribution in [0.25, 0.3) is 0 Å². The zero-order chi connectivity index (χ0) is 10.2. The minimum atomic E-state index is -0.251. The largest absolute Gasteiger partial charge is 0.494 e. The van der Waals surface area contributed by atoms with E-state index in [2.05, 4.69) is 4.98 Å². The minimum absolute atomic E-state index is 0.194. The number of aromatic nitrogens is 1. The highest BCUT2D eigenvalue weighted by atomic mass is 16.3. The van der Waals surface area contributed by atoms with E-state index in [4.69, 9.17) is 0 Å². The molecule has 4 nitrogen and oxygen atoms in total. The zero-order valence-electron chi connectivity index (χ0n) is 7.76. The first-order valence-electron chi connectivity index (χ1n) is 3.88. The van der Waals surface area contributed by atoms with Gasteiger partial charge in [-0.2, -0.15) is 0 Å². The van der Waals surface area contributed by atoms with Gasteiger partial charge in [-0.1, -0.05) is 0 Å². The van der Waals surface area contributed by atoms with Crippen LogP contribution in [-0.2, 0) is 0 Å². The zero-order valence-corrected chi connectivity index (χ0v) is 7.76. The monoisotopic (exact) mass is 181 g/mol. The Hall–Kier alpha value is -1.58. The molecule has 2 N–H and O–H groups in total. The quantitative estimate of drug-likeness (QED) is 0.678. The maximum absolute atomic E-state index is 11.0. The third-order valence-corrected chi connectivity index (χ3v) is 1.93. The number of nitrogens with one attached hydrogen (secondary N) is 1. The van der Waals surface area contributed by atoms with Crippen molar-refractivity contribution in [1.29, 1.82) is 0 Å². The van der Waals surface area contributed by atoms with Crippen LogP contribution in [0.5, 0.6) is 5.88 Å². The molecule has 0 atom stereocenters. The van der Waals surface area contributed by atoms with E-state index in [1.807, 2.05) is 0 Å². The first-order valence-corrected chi connectivity index (χ1v) is 3.88. The molecule has 1 heterocycles. The fourth-order valence-electron chi connectivity index (χ4n) is 1.36. The second-order valence-electron chi connectivity index (χ2n) is 2.96. The van der Waals surface area contributed by atoms with Gasteiger partial charge in [-0.05, 0) is 19.4 Å². The molecule has 1 aromatic rings. The van der Waals surface area contributed by atoms with Crippen LogP contribution in [-0.4, -0.2) is 21.7 Å². The molecule has 0 fully saturated rings. The number of rotatable bonds is 2. The molecule has 0 saturated carbocycles. The molecular weight excluding hydrogens is 170 g/mol. The Kier molecular flexibility index (Phi) is 2.23. The predicted molar refractivity (Wildman–Crippen MR) is 47.2 cm³/mol. The number of hydrogen-bond donors (Lipinski definition) is 2. The molecule has 0 saturated heterocycles. The topological polar surface area (TPSA) is 70.2 Å². The molecule has 0 spiro atoms. The summed E-state index contributed by atoms with van der Waals surface area (Å²) in [5.41, 5.74) is 1.01. The minimum Gasteiger partial charge on any atom is -0.494 e. The van der Waals surface area contributed by atoms with Gasteiger partial charge in [0.15, 0.2) is 17.4 Å². The molecule has 0 radical (unpaired) electrons. The van der Waals surface area contributed by atoms with Crippen molar-refractivity contribution < 1.29 is 14.7 Å². The summed E-state index contributed by atoms with van der Waals surface area (Å²) in [6, 6.07) is 0. The number of ketones is 2. The third kappa shape index (κ3) is 1.47. The molecule has 4 heteroatoms. The van der Waals surface area contributed by atoms with Crippen LogP contribution in [0.2, 0.25) is 0 Å². The van der Waals surface area contributed by atoms with Crippen LogP contribution in [0, 0.1) is 6.92 Å². The molecule has 1 aromatic heterocycles. The highest BCUT2D eigenvalue weighted by Gasteiger charge is 2.18. The highest BCUT2D eigenvalue weighted by Crippen LogP contribution is 2.24. The summed E-state index contributed by atoms with van der Waals surface area (Å²) in [7, 11) is 0. The lowest BCUT2D eigenvalue weighted by molar-refractivity contribution is 0.100. The summed E-state index contributed by atoms with van der Waals surface area (Å²) in [6.07, 6.45) is 0. The van der Waals surface area contributed by atoms with Gasteiger partial charge in [-0.15, -0.1) is 0 Å². The van der Waals surface area contributed by atoms with Gasteiger partial charge in [0.1, 0.15) is 0 Å². The van der Waals surface area contributed by atoms with Crippen molar-refractivity contribution in [3.63, 3.8) is 0 Å². The lowest BCUT2D eigenvalue weighted by Gasteiger charge is -1.93. The average molecular weight is 181 g/mol. The Morgan fingerprint density at radius 3 is 2.00 bits per heavy atom. The van der Waals surface area contributed by atoms with Gasteiger partial charge >= 0.3 is 0 Å². The molecule has 0 bridgehead atoms. The van der Waals surface area contributed by atoms with Crippen molar-refractivity contribution in [2.75, 3.05) is 0 Å². The number of H-pyrrole nitrogens is 1.